The van der Waals surface area contributed by atoms with Gasteiger partial charge < -0.3 is 5.32 Å². The first-order chi connectivity index (χ1) is 9.24. The molecule has 19 heavy (non-hydrogen) atoms. The molecule has 1 aromatic carbocycles. The zero-order valence-electron chi connectivity index (χ0n) is 11.1. The summed E-state index contributed by atoms with van der Waals surface area (Å²) in [5.74, 6) is 0. The van der Waals surface area contributed by atoms with Gasteiger partial charge in [0.1, 0.15) is 0 Å². The predicted molar refractivity (Wildman–Crippen MR) is 85.4 cm³/mol. The Morgan fingerprint density at radius 1 is 1.11 bits per heavy atom. The Labute approximate surface area is 121 Å². The quantitative estimate of drug-likeness (QED) is 0.743. The maximum absolute atomic E-state index is 4.48. The van der Waals surface area contributed by atoms with E-state index >= 15 is 0 Å². The van der Waals surface area contributed by atoms with Crippen LogP contribution in [0.25, 0.3) is 10.2 Å². The van der Waals surface area contributed by atoms with E-state index in [2.05, 4.69) is 54.5 Å². The zero-order valence-corrected chi connectivity index (χ0v) is 12.7. The van der Waals surface area contributed by atoms with E-state index in [1.165, 1.54) is 20.1 Å². The van der Waals surface area contributed by atoms with Gasteiger partial charge in [-0.25, -0.2) is 4.98 Å². The molecular formula is C15H16N2S2. The maximum atomic E-state index is 4.48. The minimum atomic E-state index is 0.897. The molecule has 3 rings (SSSR count). The minimum Gasteiger partial charge on any atom is -0.380 e. The fraction of sp³-hybridized carbons (Fsp3) is 0.267. The lowest BCUT2D eigenvalue weighted by Crippen LogP contribution is -1.96. The van der Waals surface area contributed by atoms with Crippen LogP contribution >= 0.6 is 22.7 Å². The van der Waals surface area contributed by atoms with Crippen LogP contribution in [0, 0.1) is 6.92 Å². The first-order valence-corrected chi connectivity index (χ1v) is 8.06. The SMILES string of the molecule is CCc1ccc(CNc2ccc3nc(C)sc3c2)s1. The fourth-order valence-electron chi connectivity index (χ4n) is 2.05. The molecule has 0 aliphatic rings. The third-order valence-electron chi connectivity index (χ3n) is 3.03. The van der Waals surface area contributed by atoms with Gasteiger partial charge in [0.05, 0.1) is 15.2 Å². The number of fused-ring (bicyclic) bond motifs is 1. The average molecular weight is 288 g/mol. The number of rotatable bonds is 4. The third-order valence-corrected chi connectivity index (χ3v) is 5.19. The van der Waals surface area contributed by atoms with Crippen molar-refractivity contribution in [3.05, 3.63) is 45.1 Å². The number of aromatic nitrogens is 1. The number of aryl methyl sites for hydroxylation is 2. The summed E-state index contributed by atoms with van der Waals surface area (Å²) in [4.78, 5) is 7.32. The van der Waals surface area contributed by atoms with E-state index < -0.39 is 0 Å². The van der Waals surface area contributed by atoms with Gasteiger partial charge in [0.2, 0.25) is 0 Å². The number of nitrogens with one attached hydrogen (secondary N) is 1. The summed E-state index contributed by atoms with van der Waals surface area (Å²) in [6.07, 6.45) is 1.12. The summed E-state index contributed by atoms with van der Waals surface area (Å²) in [7, 11) is 0. The molecule has 0 unspecified atom stereocenters. The van der Waals surface area contributed by atoms with Gasteiger partial charge in [-0.2, -0.15) is 0 Å². The standard InChI is InChI=1S/C15H16N2S2/c1-3-12-5-6-13(19-12)9-16-11-4-7-14-15(8-11)18-10(2)17-14/h4-8,16H,3,9H2,1-2H3. The van der Waals surface area contributed by atoms with E-state index in [1.807, 2.05) is 11.3 Å². The highest BCUT2D eigenvalue weighted by atomic mass is 32.1. The summed E-state index contributed by atoms with van der Waals surface area (Å²) in [5, 5.41) is 4.61. The third kappa shape index (κ3) is 2.80. The largest absolute Gasteiger partial charge is 0.380 e. The summed E-state index contributed by atoms with van der Waals surface area (Å²) < 4.78 is 1.25. The van der Waals surface area contributed by atoms with E-state index in [-0.39, 0.29) is 0 Å². The van der Waals surface area contributed by atoms with Crippen LogP contribution in [0.1, 0.15) is 21.7 Å². The predicted octanol–water partition coefficient (Wildman–Crippen LogP) is 4.84. The molecule has 2 aromatic heterocycles. The topological polar surface area (TPSA) is 24.9 Å². The van der Waals surface area contributed by atoms with Crippen molar-refractivity contribution in [2.24, 2.45) is 0 Å². The van der Waals surface area contributed by atoms with Crippen LogP contribution in [0.15, 0.2) is 30.3 Å². The van der Waals surface area contributed by atoms with Gasteiger partial charge >= 0.3 is 0 Å². The van der Waals surface area contributed by atoms with Gasteiger partial charge in [0.15, 0.2) is 0 Å². The van der Waals surface area contributed by atoms with Crippen LogP contribution in [0.2, 0.25) is 0 Å². The van der Waals surface area contributed by atoms with Gasteiger partial charge in [-0.05, 0) is 43.7 Å². The second-order valence-corrected chi connectivity index (χ2v) is 6.98. The van der Waals surface area contributed by atoms with Crippen molar-refractivity contribution in [3.8, 4) is 0 Å². The van der Waals surface area contributed by atoms with Gasteiger partial charge in [0.25, 0.3) is 0 Å². The molecule has 0 saturated heterocycles. The van der Waals surface area contributed by atoms with E-state index in [0.717, 1.165) is 23.5 Å². The molecule has 4 heteroatoms. The number of anilines is 1. The highest BCUT2D eigenvalue weighted by Gasteiger charge is 2.02. The molecule has 0 radical (unpaired) electrons. The van der Waals surface area contributed by atoms with Crippen LogP contribution in [-0.4, -0.2) is 4.98 Å². The van der Waals surface area contributed by atoms with Crippen molar-refractivity contribution in [2.75, 3.05) is 5.32 Å². The number of nitrogens with zero attached hydrogens (tertiary/aromatic N) is 1. The molecule has 98 valence electrons. The van der Waals surface area contributed by atoms with Crippen LogP contribution in [-0.2, 0) is 13.0 Å². The zero-order chi connectivity index (χ0) is 13.2. The van der Waals surface area contributed by atoms with Crippen molar-refractivity contribution < 1.29 is 0 Å². The molecule has 0 spiro atoms. The lowest BCUT2D eigenvalue weighted by Gasteiger charge is -2.04. The molecule has 3 aromatic rings. The highest BCUT2D eigenvalue weighted by molar-refractivity contribution is 7.18. The lowest BCUT2D eigenvalue weighted by atomic mass is 10.3. The van der Waals surface area contributed by atoms with Crippen molar-refractivity contribution in [2.45, 2.75) is 26.8 Å². The maximum Gasteiger partial charge on any atom is 0.0907 e. The first kappa shape index (κ1) is 12.6. The number of hydrogen-bond acceptors (Lipinski definition) is 4. The van der Waals surface area contributed by atoms with E-state index in [0.29, 0.717) is 0 Å². The molecule has 2 nitrogen and oxygen atoms in total. The Morgan fingerprint density at radius 2 is 1.95 bits per heavy atom. The Hall–Kier alpha value is -1.39. The Kier molecular flexibility index (Phi) is 3.53. The smallest absolute Gasteiger partial charge is 0.0907 e. The number of benzene rings is 1. The van der Waals surface area contributed by atoms with E-state index in [4.69, 9.17) is 0 Å². The van der Waals surface area contributed by atoms with Crippen molar-refractivity contribution in [3.63, 3.8) is 0 Å². The van der Waals surface area contributed by atoms with Gasteiger partial charge in [-0.3, -0.25) is 0 Å². The fourth-order valence-corrected chi connectivity index (χ4v) is 3.81. The monoisotopic (exact) mass is 288 g/mol. The molecule has 0 amide bonds. The molecule has 0 aliphatic carbocycles. The number of thiazole rings is 1. The normalized spacial score (nSPS) is 11.1. The van der Waals surface area contributed by atoms with Gasteiger partial charge in [-0.15, -0.1) is 22.7 Å². The average Bonchev–Trinajstić information content (AvgIpc) is 3.00. The molecule has 0 saturated carbocycles. The second kappa shape index (κ2) is 5.31. The summed E-state index contributed by atoms with van der Waals surface area (Å²) in [6.45, 7) is 5.15. The molecule has 0 atom stereocenters. The van der Waals surface area contributed by atoms with Crippen LogP contribution in [0.3, 0.4) is 0 Å². The van der Waals surface area contributed by atoms with Gasteiger partial charge in [-0.1, -0.05) is 6.92 Å². The Balaban J connectivity index is 1.73. The van der Waals surface area contributed by atoms with Crippen LogP contribution in [0.5, 0.6) is 0 Å². The Morgan fingerprint density at radius 3 is 2.74 bits per heavy atom. The van der Waals surface area contributed by atoms with E-state index in [1.54, 1.807) is 11.3 Å². The molecule has 0 bridgehead atoms. The van der Waals surface area contributed by atoms with Crippen molar-refractivity contribution in [1.82, 2.24) is 4.98 Å². The second-order valence-electron chi connectivity index (χ2n) is 4.49. The summed E-state index contributed by atoms with van der Waals surface area (Å²) in [5.41, 5.74) is 2.26. The number of thiophene rings is 1. The molecule has 1 N–H and O–H groups in total. The highest BCUT2D eigenvalue weighted by Crippen LogP contribution is 2.25. The molecular weight excluding hydrogens is 272 g/mol. The van der Waals surface area contributed by atoms with Crippen LogP contribution < -0.4 is 5.32 Å². The molecule has 0 fully saturated rings. The minimum absolute atomic E-state index is 0.897. The van der Waals surface area contributed by atoms with E-state index in [9.17, 15) is 0 Å². The van der Waals surface area contributed by atoms with Crippen molar-refractivity contribution in [1.29, 1.82) is 0 Å². The first-order valence-electron chi connectivity index (χ1n) is 6.43. The Bertz CT molecular complexity index is 697. The molecule has 0 aliphatic heterocycles. The van der Waals surface area contributed by atoms with Crippen LogP contribution in [0.4, 0.5) is 5.69 Å². The number of hydrogen-bond donors (Lipinski definition) is 1. The van der Waals surface area contributed by atoms with Crippen molar-refractivity contribution >= 4 is 38.6 Å². The molecule has 2 heterocycles. The van der Waals surface area contributed by atoms with Gasteiger partial charge in [0, 0.05) is 22.0 Å². The summed E-state index contributed by atoms with van der Waals surface area (Å²) in [6, 6.07) is 10.8. The lowest BCUT2D eigenvalue weighted by molar-refractivity contribution is 1.19. The summed E-state index contributed by atoms with van der Waals surface area (Å²) >= 11 is 3.63.